The standard InChI is InChI=1S/C25H26ClN7/c1-17-5-7-19(20(26)12-17)25-22(14-32-11-10-29-23(15-32)30-16-27)33-13-18(6-8-24(33)31-25)21-4-2-3-9-28-21/h4-9,12-13,16H,2-3,10-11,14-15H2,1H3,(H2,27,29,30). The number of aliphatic imine (C=N–C) groups is 3. The monoisotopic (exact) mass is 459 g/mol. The van der Waals surface area contributed by atoms with Crippen molar-refractivity contribution in [2.24, 2.45) is 20.7 Å². The third-order valence-corrected chi connectivity index (χ3v) is 6.24. The largest absolute Gasteiger partial charge is 0.390 e. The Hall–Kier alpha value is -3.29. The maximum Gasteiger partial charge on any atom is 0.139 e. The zero-order chi connectivity index (χ0) is 22.8. The van der Waals surface area contributed by atoms with Crippen LogP contribution in [0.3, 0.4) is 0 Å². The molecule has 0 fully saturated rings. The van der Waals surface area contributed by atoms with Gasteiger partial charge in [-0.3, -0.25) is 14.9 Å². The minimum Gasteiger partial charge on any atom is -0.390 e. The maximum absolute atomic E-state index is 6.68. The molecule has 7 nitrogen and oxygen atoms in total. The molecule has 1 aromatic carbocycles. The van der Waals surface area contributed by atoms with Gasteiger partial charge in [0, 0.05) is 36.6 Å². The van der Waals surface area contributed by atoms with Gasteiger partial charge in [0.15, 0.2) is 0 Å². The summed E-state index contributed by atoms with van der Waals surface area (Å²) in [6.45, 7) is 4.89. The van der Waals surface area contributed by atoms with Gasteiger partial charge in [-0.25, -0.2) is 9.98 Å². The molecule has 2 aliphatic heterocycles. The van der Waals surface area contributed by atoms with Gasteiger partial charge in [-0.1, -0.05) is 29.8 Å². The summed E-state index contributed by atoms with van der Waals surface area (Å²) in [6, 6.07) is 10.3. The maximum atomic E-state index is 6.68. The van der Waals surface area contributed by atoms with Gasteiger partial charge in [0.05, 0.1) is 41.5 Å². The van der Waals surface area contributed by atoms with E-state index in [1.165, 1.54) is 6.34 Å². The van der Waals surface area contributed by atoms with E-state index in [0.29, 0.717) is 24.7 Å². The van der Waals surface area contributed by atoms with Crippen molar-refractivity contribution >= 4 is 41.3 Å². The van der Waals surface area contributed by atoms with Crippen LogP contribution in [0.1, 0.15) is 29.7 Å². The number of nitrogens with zero attached hydrogens (tertiary/aromatic N) is 6. The SMILES string of the molecule is Cc1ccc(-c2nc3ccc(C4=CCCC=N4)cn3c2CN2CCN=C(N=CN)C2)c(Cl)c1. The Morgan fingerprint density at radius 2 is 2.12 bits per heavy atom. The lowest BCUT2D eigenvalue weighted by Crippen LogP contribution is -2.35. The molecule has 168 valence electrons. The predicted molar refractivity (Wildman–Crippen MR) is 136 cm³/mol. The summed E-state index contributed by atoms with van der Waals surface area (Å²) in [5, 5.41) is 0.702. The summed E-state index contributed by atoms with van der Waals surface area (Å²) in [5.41, 5.74) is 12.5. The van der Waals surface area contributed by atoms with Crippen LogP contribution in [0.5, 0.6) is 0 Å². The van der Waals surface area contributed by atoms with Crippen LogP contribution in [-0.4, -0.2) is 52.3 Å². The van der Waals surface area contributed by atoms with Crippen LogP contribution in [0.4, 0.5) is 0 Å². The van der Waals surface area contributed by atoms with Gasteiger partial charge in [0.1, 0.15) is 11.5 Å². The van der Waals surface area contributed by atoms with Crippen LogP contribution in [0.15, 0.2) is 57.6 Å². The average Bonchev–Trinajstić information content (AvgIpc) is 3.17. The lowest BCUT2D eigenvalue weighted by molar-refractivity contribution is 0.297. The lowest BCUT2D eigenvalue weighted by atomic mass is 10.1. The Kier molecular flexibility index (Phi) is 6.07. The van der Waals surface area contributed by atoms with Gasteiger partial charge in [-0.05, 0) is 43.5 Å². The highest BCUT2D eigenvalue weighted by Gasteiger charge is 2.22. The zero-order valence-corrected chi connectivity index (χ0v) is 19.3. The third-order valence-electron chi connectivity index (χ3n) is 5.93. The fraction of sp³-hybridized carbons (Fsp3) is 0.280. The summed E-state index contributed by atoms with van der Waals surface area (Å²) in [6.07, 6.45) is 9.61. The number of benzene rings is 1. The molecule has 0 amide bonds. The second-order valence-electron chi connectivity index (χ2n) is 8.30. The minimum atomic E-state index is 0.636. The van der Waals surface area contributed by atoms with Gasteiger partial charge >= 0.3 is 0 Å². The molecule has 0 spiro atoms. The number of aromatic nitrogens is 2. The highest BCUT2D eigenvalue weighted by Crippen LogP contribution is 2.33. The fourth-order valence-electron chi connectivity index (χ4n) is 4.29. The van der Waals surface area contributed by atoms with Gasteiger partial charge in [0.2, 0.25) is 0 Å². The van der Waals surface area contributed by atoms with E-state index < -0.39 is 0 Å². The third kappa shape index (κ3) is 4.47. The molecule has 0 saturated heterocycles. The number of hydrogen-bond donors (Lipinski definition) is 1. The number of hydrogen-bond acceptors (Lipinski definition) is 5. The topological polar surface area (TPSA) is 83.6 Å². The van der Waals surface area contributed by atoms with Crippen molar-refractivity contribution in [1.29, 1.82) is 0 Å². The molecule has 0 atom stereocenters. The molecule has 0 saturated carbocycles. The van der Waals surface area contributed by atoms with Gasteiger partial charge in [0.25, 0.3) is 0 Å². The van der Waals surface area contributed by atoms with Crippen LogP contribution < -0.4 is 5.73 Å². The predicted octanol–water partition coefficient (Wildman–Crippen LogP) is 4.37. The number of imidazole rings is 1. The molecular weight excluding hydrogens is 434 g/mol. The Labute approximate surface area is 198 Å². The molecule has 33 heavy (non-hydrogen) atoms. The highest BCUT2D eigenvalue weighted by atomic mass is 35.5. The van der Waals surface area contributed by atoms with Crippen molar-refractivity contribution in [3.8, 4) is 11.3 Å². The van der Waals surface area contributed by atoms with Crippen molar-refractivity contribution in [3.63, 3.8) is 0 Å². The summed E-state index contributed by atoms with van der Waals surface area (Å²) < 4.78 is 2.17. The molecular formula is C25H26ClN7. The molecule has 2 aliphatic rings. The average molecular weight is 460 g/mol. The second-order valence-corrected chi connectivity index (χ2v) is 8.71. The van der Waals surface area contributed by atoms with Crippen molar-refractivity contribution in [2.45, 2.75) is 26.3 Å². The van der Waals surface area contributed by atoms with Crippen LogP contribution in [0.25, 0.3) is 22.6 Å². The first-order chi connectivity index (χ1) is 16.1. The van der Waals surface area contributed by atoms with E-state index >= 15 is 0 Å². The van der Waals surface area contributed by atoms with Crippen molar-refractivity contribution in [3.05, 3.63) is 64.4 Å². The molecule has 3 aromatic rings. The molecule has 0 radical (unpaired) electrons. The normalized spacial score (nSPS) is 17.0. The van der Waals surface area contributed by atoms with Gasteiger partial charge in [-0.2, -0.15) is 0 Å². The number of rotatable bonds is 4. The van der Waals surface area contributed by atoms with Crippen LogP contribution in [0.2, 0.25) is 5.02 Å². The first-order valence-electron chi connectivity index (χ1n) is 11.1. The van der Waals surface area contributed by atoms with Crippen molar-refractivity contribution in [1.82, 2.24) is 14.3 Å². The van der Waals surface area contributed by atoms with E-state index in [2.05, 4.69) is 60.8 Å². The fourth-order valence-corrected chi connectivity index (χ4v) is 4.61. The zero-order valence-electron chi connectivity index (χ0n) is 18.6. The quantitative estimate of drug-likeness (QED) is 0.464. The number of amidine groups is 1. The Bertz CT molecular complexity index is 1320. The summed E-state index contributed by atoms with van der Waals surface area (Å²) >= 11 is 6.68. The first kappa shape index (κ1) is 21.6. The molecule has 4 heterocycles. The first-order valence-corrected chi connectivity index (χ1v) is 11.5. The smallest absolute Gasteiger partial charge is 0.139 e. The van der Waals surface area contributed by atoms with E-state index in [0.717, 1.165) is 64.6 Å². The molecule has 0 aliphatic carbocycles. The van der Waals surface area contributed by atoms with Crippen molar-refractivity contribution in [2.75, 3.05) is 19.6 Å². The minimum absolute atomic E-state index is 0.636. The van der Waals surface area contributed by atoms with Crippen LogP contribution in [0, 0.1) is 6.92 Å². The van der Waals surface area contributed by atoms with E-state index in [9.17, 15) is 0 Å². The Morgan fingerprint density at radius 3 is 2.91 bits per heavy atom. The van der Waals surface area contributed by atoms with Crippen LogP contribution in [-0.2, 0) is 6.54 Å². The number of halogens is 1. The van der Waals surface area contributed by atoms with Gasteiger partial charge in [-0.15, -0.1) is 0 Å². The van der Waals surface area contributed by atoms with E-state index in [-0.39, 0.29) is 0 Å². The lowest BCUT2D eigenvalue weighted by Gasteiger charge is -2.25. The summed E-state index contributed by atoms with van der Waals surface area (Å²) in [7, 11) is 0. The Balaban J connectivity index is 1.61. The second kappa shape index (κ2) is 9.29. The molecule has 2 N–H and O–H groups in total. The number of pyridine rings is 1. The van der Waals surface area contributed by atoms with E-state index in [4.69, 9.17) is 22.3 Å². The number of aryl methyl sites for hydroxylation is 1. The van der Waals surface area contributed by atoms with Crippen molar-refractivity contribution < 1.29 is 0 Å². The summed E-state index contributed by atoms with van der Waals surface area (Å²) in [4.78, 5) is 20.6. The van der Waals surface area contributed by atoms with E-state index in [1.54, 1.807) is 0 Å². The molecule has 2 aromatic heterocycles. The molecule has 0 bridgehead atoms. The molecule has 5 rings (SSSR count). The molecule has 0 unspecified atom stereocenters. The summed E-state index contributed by atoms with van der Waals surface area (Å²) in [5.74, 6) is 0.745. The number of fused-ring (bicyclic) bond motifs is 1. The number of allylic oxidation sites excluding steroid dienone is 1. The van der Waals surface area contributed by atoms with Crippen LogP contribution >= 0.6 is 11.6 Å². The highest BCUT2D eigenvalue weighted by molar-refractivity contribution is 6.33. The van der Waals surface area contributed by atoms with Gasteiger partial charge < -0.3 is 10.1 Å². The molecule has 8 heteroatoms. The van der Waals surface area contributed by atoms with E-state index in [1.807, 2.05) is 19.2 Å². The Morgan fingerprint density at radius 1 is 1.21 bits per heavy atom. The number of nitrogens with two attached hydrogens (primary N) is 1.